The molecule has 3 rings (SSSR count). The van der Waals surface area contributed by atoms with Crippen molar-refractivity contribution in [3.63, 3.8) is 0 Å². The van der Waals surface area contributed by atoms with Crippen LogP contribution in [0.1, 0.15) is 56.5 Å². The predicted molar refractivity (Wildman–Crippen MR) is 170 cm³/mol. The van der Waals surface area contributed by atoms with Gasteiger partial charge in [-0.15, -0.1) is 0 Å². The van der Waals surface area contributed by atoms with Crippen LogP contribution in [0, 0.1) is 11.3 Å². The Hall–Kier alpha value is -3.85. The molecular formula is C32H43N5O5S. The molecule has 0 fully saturated rings. The van der Waals surface area contributed by atoms with E-state index in [1.54, 1.807) is 51.4 Å². The molecule has 3 N–H and O–H groups in total. The van der Waals surface area contributed by atoms with Crippen LogP contribution in [0.25, 0.3) is 0 Å². The number of aliphatic hydroxyl groups is 1. The van der Waals surface area contributed by atoms with Gasteiger partial charge < -0.3 is 25.2 Å². The number of β-amino-alcohol motifs (C(OH)–C–C–N with tert-alkyl or cyclic N) is 1. The molecule has 1 heterocycles. The summed E-state index contributed by atoms with van der Waals surface area (Å²) < 4.78 is 38.2. The third-order valence-electron chi connectivity index (χ3n) is 7.19. The Balaban J connectivity index is 1.61. The van der Waals surface area contributed by atoms with Crippen molar-refractivity contribution in [1.29, 1.82) is 5.26 Å². The maximum absolute atomic E-state index is 12.8. The lowest BCUT2D eigenvalue weighted by molar-refractivity contribution is 0.0978. The van der Waals surface area contributed by atoms with E-state index in [0.29, 0.717) is 23.7 Å². The molecule has 0 bridgehead atoms. The number of sulfonamides is 1. The van der Waals surface area contributed by atoms with E-state index in [0.717, 1.165) is 31.3 Å². The fourth-order valence-corrected chi connectivity index (χ4v) is 6.05. The fourth-order valence-electron chi connectivity index (χ4n) is 4.87. The highest BCUT2D eigenvalue weighted by Crippen LogP contribution is 2.33. The van der Waals surface area contributed by atoms with E-state index in [9.17, 15) is 18.8 Å². The highest BCUT2D eigenvalue weighted by atomic mass is 32.2. The Morgan fingerprint density at radius 3 is 2.53 bits per heavy atom. The average molecular weight is 610 g/mol. The maximum atomic E-state index is 12.8. The summed E-state index contributed by atoms with van der Waals surface area (Å²) in [6.07, 6.45) is 3.03. The van der Waals surface area contributed by atoms with Crippen molar-refractivity contribution in [1.82, 2.24) is 10.3 Å². The number of para-hydroxylation sites is 1. The number of hydrogen-bond donors (Lipinski definition) is 3. The number of anilines is 2. The third-order valence-corrected chi connectivity index (χ3v) is 8.43. The molecule has 0 aliphatic heterocycles. The quantitative estimate of drug-likeness (QED) is 0.212. The van der Waals surface area contributed by atoms with Crippen LogP contribution in [0.3, 0.4) is 0 Å². The zero-order valence-electron chi connectivity index (χ0n) is 25.8. The van der Waals surface area contributed by atoms with Crippen molar-refractivity contribution in [2.75, 3.05) is 43.2 Å². The molecule has 0 amide bonds. The number of pyridine rings is 1. The highest BCUT2D eigenvalue weighted by molar-refractivity contribution is 7.92. The van der Waals surface area contributed by atoms with E-state index >= 15 is 0 Å². The Kier molecular flexibility index (Phi) is 11.8. The summed E-state index contributed by atoms with van der Waals surface area (Å²) in [5.41, 5.74) is 1.98. The number of aromatic nitrogens is 1. The van der Waals surface area contributed by atoms with Gasteiger partial charge in [0, 0.05) is 19.1 Å². The maximum Gasteiger partial charge on any atom is 0.232 e. The SMILES string of the molecule is CNc1cccc(C(C)N(c2ccc(OC[C@H](O)CNC(C)(C)CCCc3ccccc3OC)c(C#N)c2)S(C)(=O)=O)n1. The van der Waals surface area contributed by atoms with Gasteiger partial charge >= 0.3 is 0 Å². The first kappa shape index (κ1) is 33.6. The Bertz CT molecular complexity index is 1510. The molecule has 232 valence electrons. The molecule has 1 aromatic heterocycles. The summed E-state index contributed by atoms with van der Waals surface area (Å²) >= 11 is 0. The lowest BCUT2D eigenvalue weighted by Gasteiger charge is -2.29. The summed E-state index contributed by atoms with van der Waals surface area (Å²) in [7, 11) is -0.313. The largest absolute Gasteiger partial charge is 0.496 e. The van der Waals surface area contributed by atoms with Gasteiger partial charge in [0.2, 0.25) is 10.0 Å². The standard InChI is InChI=1S/C32H43N5O5S/c1-23(28-13-9-15-31(34-4)36-28)37(43(6,39)40)26-16-17-30(25(19-26)20-33)42-22-27(38)21-35-32(2,3)18-10-12-24-11-7-8-14-29(24)41-5/h7-9,11,13-17,19,23,27,35,38H,10,12,18,21-22H2,1-6H3,(H,34,36)/t23?,27-/m1/s1. The molecule has 1 unspecified atom stereocenters. The summed E-state index contributed by atoms with van der Waals surface area (Å²) in [5.74, 6) is 1.77. The van der Waals surface area contributed by atoms with Crippen molar-refractivity contribution >= 4 is 21.5 Å². The van der Waals surface area contributed by atoms with Gasteiger partial charge in [-0.05, 0) is 82.0 Å². The van der Waals surface area contributed by atoms with Gasteiger partial charge in [0.25, 0.3) is 0 Å². The van der Waals surface area contributed by atoms with Crippen LogP contribution in [-0.4, -0.2) is 63.7 Å². The number of benzene rings is 2. The first-order chi connectivity index (χ1) is 20.4. The second-order valence-corrected chi connectivity index (χ2v) is 13.0. The molecule has 11 heteroatoms. The van der Waals surface area contributed by atoms with Crippen molar-refractivity contribution in [3.8, 4) is 17.6 Å². The second kappa shape index (κ2) is 15.0. The van der Waals surface area contributed by atoms with Gasteiger partial charge in [0.05, 0.1) is 36.4 Å². The van der Waals surface area contributed by atoms with E-state index in [4.69, 9.17) is 9.47 Å². The van der Waals surface area contributed by atoms with Crippen LogP contribution in [0.15, 0.2) is 60.7 Å². The van der Waals surface area contributed by atoms with Crippen molar-refractivity contribution in [3.05, 3.63) is 77.5 Å². The summed E-state index contributed by atoms with van der Waals surface area (Å²) in [6, 6.07) is 19.4. The monoisotopic (exact) mass is 609 g/mol. The highest BCUT2D eigenvalue weighted by Gasteiger charge is 2.27. The second-order valence-electron chi connectivity index (χ2n) is 11.1. The molecule has 0 saturated carbocycles. The first-order valence-corrected chi connectivity index (χ1v) is 16.1. The number of hydrogen-bond acceptors (Lipinski definition) is 9. The fraction of sp³-hybridized carbons (Fsp3) is 0.438. The predicted octanol–water partition coefficient (Wildman–Crippen LogP) is 4.66. The zero-order valence-corrected chi connectivity index (χ0v) is 26.6. The van der Waals surface area contributed by atoms with Crippen LogP contribution >= 0.6 is 0 Å². The number of aryl methyl sites for hydroxylation is 1. The summed E-state index contributed by atoms with van der Waals surface area (Å²) in [6.45, 7) is 6.19. The Morgan fingerprint density at radius 1 is 1.12 bits per heavy atom. The number of aliphatic hydroxyl groups excluding tert-OH is 1. The molecule has 2 atom stereocenters. The smallest absolute Gasteiger partial charge is 0.232 e. The Labute approximate surface area is 255 Å². The minimum absolute atomic E-state index is 0.0365. The molecule has 0 saturated heterocycles. The van der Waals surface area contributed by atoms with Gasteiger partial charge in [-0.1, -0.05) is 24.3 Å². The van der Waals surface area contributed by atoms with Crippen LogP contribution in [-0.2, 0) is 16.4 Å². The molecule has 2 aromatic carbocycles. The number of nitrogens with one attached hydrogen (secondary N) is 2. The van der Waals surface area contributed by atoms with E-state index < -0.39 is 22.2 Å². The Morgan fingerprint density at radius 2 is 1.86 bits per heavy atom. The molecule has 0 aliphatic carbocycles. The van der Waals surface area contributed by atoms with Crippen LogP contribution in [0.4, 0.5) is 11.5 Å². The van der Waals surface area contributed by atoms with Gasteiger partial charge in [-0.25, -0.2) is 13.4 Å². The minimum Gasteiger partial charge on any atom is -0.496 e. The molecule has 0 radical (unpaired) electrons. The van der Waals surface area contributed by atoms with E-state index in [2.05, 4.69) is 41.6 Å². The number of nitrogens with zero attached hydrogens (tertiary/aromatic N) is 3. The lowest BCUT2D eigenvalue weighted by atomic mass is 9.95. The zero-order chi connectivity index (χ0) is 31.6. The molecular weight excluding hydrogens is 566 g/mol. The number of ether oxygens (including phenoxy) is 2. The molecule has 0 aliphatic rings. The molecule has 0 spiro atoms. The van der Waals surface area contributed by atoms with Crippen LogP contribution in [0.2, 0.25) is 0 Å². The lowest BCUT2D eigenvalue weighted by Crippen LogP contribution is -2.44. The number of rotatable bonds is 16. The van der Waals surface area contributed by atoms with Crippen LogP contribution < -0.4 is 24.4 Å². The van der Waals surface area contributed by atoms with Gasteiger partial charge in [-0.3, -0.25) is 4.31 Å². The molecule has 43 heavy (non-hydrogen) atoms. The van der Waals surface area contributed by atoms with E-state index in [1.807, 2.05) is 18.2 Å². The molecule has 3 aromatic rings. The average Bonchev–Trinajstić information content (AvgIpc) is 2.98. The van der Waals surface area contributed by atoms with Gasteiger partial charge in [0.15, 0.2) is 0 Å². The topological polar surface area (TPSA) is 137 Å². The summed E-state index contributed by atoms with van der Waals surface area (Å²) in [5, 5.41) is 26.8. The third kappa shape index (κ3) is 9.58. The van der Waals surface area contributed by atoms with Crippen molar-refractivity contribution < 1.29 is 23.0 Å². The number of methoxy groups -OCH3 is 1. The normalized spacial score (nSPS) is 13.1. The number of nitriles is 1. The van der Waals surface area contributed by atoms with E-state index in [-0.39, 0.29) is 23.5 Å². The first-order valence-electron chi connectivity index (χ1n) is 14.2. The molecule has 10 nitrogen and oxygen atoms in total. The van der Waals surface area contributed by atoms with Gasteiger partial charge in [0.1, 0.15) is 36.1 Å². The minimum atomic E-state index is -3.73. The summed E-state index contributed by atoms with van der Waals surface area (Å²) in [4.78, 5) is 4.49. The van der Waals surface area contributed by atoms with E-state index in [1.165, 1.54) is 15.9 Å². The van der Waals surface area contributed by atoms with Gasteiger partial charge in [-0.2, -0.15) is 5.26 Å². The van der Waals surface area contributed by atoms with Crippen molar-refractivity contribution in [2.24, 2.45) is 0 Å². The van der Waals surface area contributed by atoms with Crippen LogP contribution in [0.5, 0.6) is 11.5 Å². The van der Waals surface area contributed by atoms with Crippen molar-refractivity contribution in [2.45, 2.75) is 57.7 Å².